The molecule has 0 saturated heterocycles. The number of benzene rings is 1. The minimum atomic E-state index is 0.194. The number of unbranched alkanes of at least 4 members (excludes halogenated alkanes) is 2. The van der Waals surface area contributed by atoms with E-state index in [1.54, 1.807) is 0 Å². The predicted octanol–water partition coefficient (Wildman–Crippen LogP) is 3.95. The second kappa shape index (κ2) is 7.70. The zero-order valence-corrected chi connectivity index (χ0v) is 11.5. The Labute approximate surface area is 115 Å². The molecule has 2 aromatic rings. The molecule has 1 atom stereocenters. The number of nitrogens with one attached hydrogen (secondary N) is 1. The quantitative estimate of drug-likeness (QED) is 0.757. The summed E-state index contributed by atoms with van der Waals surface area (Å²) in [6, 6.07) is 16.8. The van der Waals surface area contributed by atoms with Crippen molar-refractivity contribution in [3.8, 4) is 0 Å². The zero-order chi connectivity index (χ0) is 13.3. The van der Waals surface area contributed by atoms with E-state index >= 15 is 0 Å². The van der Waals surface area contributed by atoms with Gasteiger partial charge in [0.05, 0.1) is 11.7 Å². The first-order chi connectivity index (χ1) is 9.42. The summed E-state index contributed by atoms with van der Waals surface area (Å²) in [7, 11) is 0. The highest BCUT2D eigenvalue weighted by molar-refractivity contribution is 5.27. The zero-order valence-electron chi connectivity index (χ0n) is 11.5. The molecule has 0 radical (unpaired) electrons. The van der Waals surface area contributed by atoms with Crippen molar-refractivity contribution in [2.75, 3.05) is 6.54 Å². The van der Waals surface area contributed by atoms with Crippen LogP contribution in [0, 0.1) is 0 Å². The Morgan fingerprint density at radius 2 is 1.79 bits per heavy atom. The molecule has 0 bridgehead atoms. The molecular formula is C17H22N2. The highest BCUT2D eigenvalue weighted by atomic mass is 14.9. The Morgan fingerprint density at radius 3 is 2.47 bits per heavy atom. The lowest BCUT2D eigenvalue weighted by molar-refractivity contribution is 0.557. The van der Waals surface area contributed by atoms with Crippen LogP contribution in [-0.2, 0) is 0 Å². The molecule has 2 heteroatoms. The van der Waals surface area contributed by atoms with Crippen LogP contribution in [-0.4, -0.2) is 11.5 Å². The first kappa shape index (κ1) is 13.8. The Balaban J connectivity index is 2.10. The van der Waals surface area contributed by atoms with E-state index in [0.29, 0.717) is 0 Å². The minimum Gasteiger partial charge on any atom is -0.305 e. The van der Waals surface area contributed by atoms with Gasteiger partial charge in [0, 0.05) is 6.20 Å². The van der Waals surface area contributed by atoms with Crippen LogP contribution in [0.4, 0.5) is 0 Å². The third-order valence-corrected chi connectivity index (χ3v) is 3.25. The summed E-state index contributed by atoms with van der Waals surface area (Å²) >= 11 is 0. The lowest BCUT2D eigenvalue weighted by atomic mass is 10.0. The average Bonchev–Trinajstić information content (AvgIpc) is 2.49. The van der Waals surface area contributed by atoms with Crippen LogP contribution >= 0.6 is 0 Å². The van der Waals surface area contributed by atoms with Gasteiger partial charge in [0.2, 0.25) is 0 Å². The van der Waals surface area contributed by atoms with E-state index in [0.717, 1.165) is 12.2 Å². The van der Waals surface area contributed by atoms with Crippen molar-refractivity contribution in [2.24, 2.45) is 0 Å². The molecule has 0 saturated carbocycles. The van der Waals surface area contributed by atoms with E-state index in [1.165, 1.54) is 24.8 Å². The first-order valence-corrected chi connectivity index (χ1v) is 7.11. The number of hydrogen-bond donors (Lipinski definition) is 1. The van der Waals surface area contributed by atoms with E-state index in [4.69, 9.17) is 0 Å². The molecule has 0 aliphatic rings. The molecule has 1 heterocycles. The van der Waals surface area contributed by atoms with Crippen LogP contribution in [0.5, 0.6) is 0 Å². The van der Waals surface area contributed by atoms with Gasteiger partial charge in [0.15, 0.2) is 0 Å². The summed E-state index contributed by atoms with van der Waals surface area (Å²) in [5, 5.41) is 3.62. The number of nitrogens with zero attached hydrogens (tertiary/aromatic N) is 1. The standard InChI is InChI=1S/C17H22N2/c1-2-3-8-14-19-17(15-10-5-4-6-11-15)16-12-7-9-13-18-16/h4-7,9-13,17,19H,2-3,8,14H2,1H3. The molecule has 0 aliphatic carbocycles. The van der Waals surface area contributed by atoms with Crippen molar-refractivity contribution < 1.29 is 0 Å². The molecule has 1 aromatic heterocycles. The molecule has 1 N–H and O–H groups in total. The fraction of sp³-hybridized carbons (Fsp3) is 0.353. The highest BCUT2D eigenvalue weighted by Gasteiger charge is 2.13. The molecular weight excluding hydrogens is 232 g/mol. The van der Waals surface area contributed by atoms with Gasteiger partial charge in [-0.2, -0.15) is 0 Å². The maximum Gasteiger partial charge on any atom is 0.0751 e. The van der Waals surface area contributed by atoms with E-state index in [-0.39, 0.29) is 6.04 Å². The second-order valence-electron chi connectivity index (χ2n) is 4.76. The van der Waals surface area contributed by atoms with Crippen molar-refractivity contribution in [1.82, 2.24) is 10.3 Å². The Bertz CT molecular complexity index is 414. The van der Waals surface area contributed by atoms with Gasteiger partial charge in [-0.15, -0.1) is 0 Å². The lowest BCUT2D eigenvalue weighted by Gasteiger charge is -2.18. The monoisotopic (exact) mass is 254 g/mol. The Morgan fingerprint density at radius 1 is 1.00 bits per heavy atom. The molecule has 2 nitrogen and oxygen atoms in total. The van der Waals surface area contributed by atoms with Gasteiger partial charge in [-0.25, -0.2) is 0 Å². The Kier molecular flexibility index (Phi) is 5.57. The van der Waals surface area contributed by atoms with Gasteiger partial charge >= 0.3 is 0 Å². The molecule has 2 rings (SSSR count). The second-order valence-corrected chi connectivity index (χ2v) is 4.76. The van der Waals surface area contributed by atoms with Gasteiger partial charge in [-0.05, 0) is 30.7 Å². The summed E-state index contributed by atoms with van der Waals surface area (Å²) < 4.78 is 0. The molecule has 1 aromatic carbocycles. The van der Waals surface area contributed by atoms with Crippen LogP contribution in [0.3, 0.4) is 0 Å². The molecule has 19 heavy (non-hydrogen) atoms. The van der Waals surface area contributed by atoms with Crippen LogP contribution < -0.4 is 5.32 Å². The fourth-order valence-corrected chi connectivity index (χ4v) is 2.21. The molecule has 0 amide bonds. The number of rotatable bonds is 7. The summed E-state index contributed by atoms with van der Waals surface area (Å²) in [4.78, 5) is 4.49. The van der Waals surface area contributed by atoms with E-state index in [2.05, 4.69) is 53.6 Å². The van der Waals surface area contributed by atoms with E-state index in [1.807, 2.05) is 18.3 Å². The SMILES string of the molecule is CCCCCNC(c1ccccc1)c1ccccn1. The largest absolute Gasteiger partial charge is 0.305 e. The van der Waals surface area contributed by atoms with Gasteiger partial charge in [0.25, 0.3) is 0 Å². The van der Waals surface area contributed by atoms with Gasteiger partial charge < -0.3 is 5.32 Å². The van der Waals surface area contributed by atoms with Crippen LogP contribution in [0.1, 0.15) is 43.5 Å². The maximum atomic E-state index is 4.49. The van der Waals surface area contributed by atoms with Crippen molar-refractivity contribution in [3.63, 3.8) is 0 Å². The third-order valence-electron chi connectivity index (χ3n) is 3.25. The number of hydrogen-bond acceptors (Lipinski definition) is 2. The van der Waals surface area contributed by atoms with Crippen molar-refractivity contribution >= 4 is 0 Å². The number of aromatic nitrogens is 1. The Hall–Kier alpha value is -1.67. The molecule has 100 valence electrons. The smallest absolute Gasteiger partial charge is 0.0751 e. The van der Waals surface area contributed by atoms with Crippen LogP contribution in [0.2, 0.25) is 0 Å². The van der Waals surface area contributed by atoms with Crippen molar-refractivity contribution in [1.29, 1.82) is 0 Å². The summed E-state index contributed by atoms with van der Waals surface area (Å²) in [5.74, 6) is 0. The van der Waals surface area contributed by atoms with Crippen molar-refractivity contribution in [2.45, 2.75) is 32.2 Å². The predicted molar refractivity (Wildman–Crippen MR) is 80.0 cm³/mol. The highest BCUT2D eigenvalue weighted by Crippen LogP contribution is 2.19. The third kappa shape index (κ3) is 4.18. The van der Waals surface area contributed by atoms with Gasteiger partial charge in [-0.1, -0.05) is 56.2 Å². The van der Waals surface area contributed by atoms with E-state index in [9.17, 15) is 0 Å². The fourth-order valence-electron chi connectivity index (χ4n) is 2.21. The van der Waals surface area contributed by atoms with Gasteiger partial charge in [0.1, 0.15) is 0 Å². The summed E-state index contributed by atoms with van der Waals surface area (Å²) in [6.45, 7) is 3.26. The van der Waals surface area contributed by atoms with Crippen molar-refractivity contribution in [3.05, 3.63) is 66.0 Å². The van der Waals surface area contributed by atoms with Gasteiger partial charge in [-0.3, -0.25) is 4.98 Å². The lowest BCUT2D eigenvalue weighted by Crippen LogP contribution is -2.24. The van der Waals surface area contributed by atoms with Crippen LogP contribution in [0.15, 0.2) is 54.7 Å². The molecule has 1 unspecified atom stereocenters. The normalized spacial score (nSPS) is 12.3. The molecule has 0 aliphatic heterocycles. The maximum absolute atomic E-state index is 4.49. The average molecular weight is 254 g/mol. The van der Waals surface area contributed by atoms with E-state index < -0.39 is 0 Å². The topological polar surface area (TPSA) is 24.9 Å². The number of pyridine rings is 1. The van der Waals surface area contributed by atoms with Crippen LogP contribution in [0.25, 0.3) is 0 Å². The summed E-state index contributed by atoms with van der Waals surface area (Å²) in [6.07, 6.45) is 5.60. The molecule has 0 fully saturated rings. The molecule has 0 spiro atoms. The summed E-state index contributed by atoms with van der Waals surface area (Å²) in [5.41, 5.74) is 2.36. The minimum absolute atomic E-state index is 0.194. The first-order valence-electron chi connectivity index (χ1n) is 7.11.